The molecule has 0 saturated heterocycles. The van der Waals surface area contributed by atoms with Gasteiger partial charge in [0.25, 0.3) is 0 Å². The summed E-state index contributed by atoms with van der Waals surface area (Å²) in [5, 5.41) is 0. The van der Waals surface area contributed by atoms with Gasteiger partial charge >= 0.3 is 0 Å². The highest BCUT2D eigenvalue weighted by Gasteiger charge is 2.20. The quantitative estimate of drug-likeness (QED) is 0.559. The molecule has 0 unspecified atom stereocenters. The highest BCUT2D eigenvalue weighted by molar-refractivity contribution is 5.81. The van der Waals surface area contributed by atoms with Gasteiger partial charge in [0, 0.05) is 13.1 Å². The fourth-order valence-corrected chi connectivity index (χ4v) is 2.62. The number of nitrogens with zero attached hydrogens (tertiary/aromatic N) is 1. The zero-order valence-electron chi connectivity index (χ0n) is 15.4. The Kier molecular flexibility index (Phi) is 11.2. The Morgan fingerprint density at radius 2 is 1.62 bits per heavy atom. The third-order valence-electron chi connectivity index (χ3n) is 4.10. The molecule has 0 fully saturated rings. The maximum Gasteiger partial charge on any atom is 0.241 e. The lowest BCUT2D eigenvalue weighted by Gasteiger charge is -2.26. The molecule has 1 aromatic carbocycles. The van der Waals surface area contributed by atoms with Gasteiger partial charge in [-0.3, -0.25) is 4.79 Å². The first-order chi connectivity index (χ1) is 11.7. The lowest BCUT2D eigenvalue weighted by molar-refractivity contribution is -0.134. The number of rotatable bonds is 13. The minimum Gasteiger partial charge on any atom is -0.375 e. The van der Waals surface area contributed by atoms with Gasteiger partial charge in [0.05, 0.1) is 13.2 Å². The molecule has 1 amide bonds. The maximum absolute atomic E-state index is 12.6. The van der Waals surface area contributed by atoms with E-state index in [1.807, 2.05) is 35.2 Å². The minimum absolute atomic E-state index is 0.0234. The van der Waals surface area contributed by atoms with Crippen LogP contribution in [0.25, 0.3) is 0 Å². The van der Waals surface area contributed by atoms with Crippen LogP contribution in [0.4, 0.5) is 0 Å². The Hall–Kier alpha value is -1.39. The third kappa shape index (κ3) is 8.46. The van der Waals surface area contributed by atoms with E-state index in [1.165, 1.54) is 0 Å². The van der Waals surface area contributed by atoms with E-state index < -0.39 is 6.04 Å². The van der Waals surface area contributed by atoms with Gasteiger partial charge in [-0.2, -0.15) is 0 Å². The van der Waals surface area contributed by atoms with E-state index in [-0.39, 0.29) is 12.5 Å². The number of amides is 1. The SMILES string of the molecule is CCCCCN(CCCCC)C(=O)[C@@H](N)COCc1ccccc1. The van der Waals surface area contributed by atoms with Gasteiger partial charge in [0.1, 0.15) is 6.04 Å². The molecule has 0 aliphatic rings. The molecule has 1 atom stereocenters. The lowest BCUT2D eigenvalue weighted by Crippen LogP contribution is -2.47. The van der Waals surface area contributed by atoms with Crippen molar-refractivity contribution in [2.75, 3.05) is 19.7 Å². The average molecular weight is 335 g/mol. The second kappa shape index (κ2) is 13.0. The van der Waals surface area contributed by atoms with Crippen molar-refractivity contribution in [2.45, 2.75) is 65.0 Å². The van der Waals surface area contributed by atoms with Gasteiger partial charge in [0.15, 0.2) is 0 Å². The zero-order chi connectivity index (χ0) is 17.6. The average Bonchev–Trinajstić information content (AvgIpc) is 2.61. The normalized spacial score (nSPS) is 12.1. The van der Waals surface area contributed by atoms with Gasteiger partial charge in [-0.25, -0.2) is 0 Å². The van der Waals surface area contributed by atoms with Crippen molar-refractivity contribution in [3.63, 3.8) is 0 Å². The summed E-state index contributed by atoms with van der Waals surface area (Å²) in [6.45, 7) is 6.73. The number of hydrogen-bond acceptors (Lipinski definition) is 3. The summed E-state index contributed by atoms with van der Waals surface area (Å²) in [6.07, 6.45) is 6.71. The van der Waals surface area contributed by atoms with Crippen LogP contribution in [0, 0.1) is 0 Å². The van der Waals surface area contributed by atoms with E-state index in [1.54, 1.807) is 0 Å². The van der Waals surface area contributed by atoms with Crippen LogP contribution < -0.4 is 5.73 Å². The zero-order valence-corrected chi connectivity index (χ0v) is 15.4. The van der Waals surface area contributed by atoms with Gasteiger partial charge in [-0.05, 0) is 18.4 Å². The lowest BCUT2D eigenvalue weighted by atomic mass is 10.2. The van der Waals surface area contributed by atoms with Gasteiger partial charge in [-0.15, -0.1) is 0 Å². The smallest absolute Gasteiger partial charge is 0.241 e. The maximum atomic E-state index is 12.6. The minimum atomic E-state index is -0.572. The first kappa shape index (κ1) is 20.7. The predicted octanol–water partition coefficient (Wildman–Crippen LogP) is 3.74. The summed E-state index contributed by atoms with van der Waals surface area (Å²) in [7, 11) is 0. The van der Waals surface area contributed by atoms with E-state index in [9.17, 15) is 4.79 Å². The molecule has 0 aliphatic carbocycles. The van der Waals surface area contributed by atoms with Crippen LogP contribution in [0.5, 0.6) is 0 Å². The Bertz CT molecular complexity index is 427. The molecular formula is C20H34N2O2. The molecule has 2 N–H and O–H groups in total. The summed E-state index contributed by atoms with van der Waals surface area (Å²) in [6, 6.07) is 9.38. The van der Waals surface area contributed by atoms with Crippen molar-refractivity contribution >= 4 is 5.91 Å². The first-order valence-electron chi connectivity index (χ1n) is 9.35. The van der Waals surface area contributed by atoms with Crippen LogP contribution in [-0.4, -0.2) is 36.5 Å². The van der Waals surface area contributed by atoms with Crippen molar-refractivity contribution in [3.05, 3.63) is 35.9 Å². The van der Waals surface area contributed by atoms with Crippen molar-refractivity contribution in [3.8, 4) is 0 Å². The number of carbonyl (C=O) groups is 1. The fraction of sp³-hybridized carbons (Fsp3) is 0.650. The topological polar surface area (TPSA) is 55.6 Å². The van der Waals surface area contributed by atoms with Gasteiger partial charge in [-0.1, -0.05) is 69.9 Å². The molecule has 4 heteroatoms. The number of nitrogens with two attached hydrogens (primary N) is 1. The number of benzene rings is 1. The van der Waals surface area contributed by atoms with Crippen LogP contribution in [0.3, 0.4) is 0 Å². The second-order valence-corrected chi connectivity index (χ2v) is 6.35. The Morgan fingerprint density at radius 3 is 2.17 bits per heavy atom. The number of carbonyl (C=O) groups excluding carboxylic acids is 1. The largest absolute Gasteiger partial charge is 0.375 e. The van der Waals surface area contributed by atoms with Crippen LogP contribution >= 0.6 is 0 Å². The molecule has 0 saturated carbocycles. The van der Waals surface area contributed by atoms with E-state index in [2.05, 4.69) is 13.8 Å². The molecule has 0 aliphatic heterocycles. The second-order valence-electron chi connectivity index (χ2n) is 6.35. The Morgan fingerprint density at radius 1 is 1.04 bits per heavy atom. The van der Waals surface area contributed by atoms with Crippen LogP contribution in [0.15, 0.2) is 30.3 Å². The molecule has 0 aromatic heterocycles. The summed E-state index contributed by atoms with van der Waals surface area (Å²) < 4.78 is 5.63. The molecule has 0 radical (unpaired) electrons. The molecule has 0 spiro atoms. The molecule has 4 nitrogen and oxygen atoms in total. The Balaban J connectivity index is 2.40. The highest BCUT2D eigenvalue weighted by atomic mass is 16.5. The van der Waals surface area contributed by atoms with E-state index in [4.69, 9.17) is 10.5 Å². The van der Waals surface area contributed by atoms with Crippen molar-refractivity contribution in [1.29, 1.82) is 0 Å². The Labute approximate surface area is 147 Å². The van der Waals surface area contributed by atoms with Crippen molar-refractivity contribution < 1.29 is 9.53 Å². The standard InChI is InChI=1S/C20H34N2O2/c1-3-5-10-14-22(15-11-6-4-2)20(23)19(21)17-24-16-18-12-8-7-9-13-18/h7-9,12-13,19H,3-6,10-11,14-17,21H2,1-2H3/t19-/m0/s1. The molecular weight excluding hydrogens is 300 g/mol. The van der Waals surface area contributed by atoms with Crippen LogP contribution in [-0.2, 0) is 16.1 Å². The monoisotopic (exact) mass is 334 g/mol. The van der Waals surface area contributed by atoms with E-state index in [0.717, 1.165) is 57.2 Å². The summed E-state index contributed by atoms with van der Waals surface area (Å²) >= 11 is 0. The molecule has 1 rings (SSSR count). The van der Waals surface area contributed by atoms with Crippen LogP contribution in [0.2, 0.25) is 0 Å². The van der Waals surface area contributed by atoms with Crippen molar-refractivity contribution in [1.82, 2.24) is 4.90 Å². The number of ether oxygens (including phenoxy) is 1. The van der Waals surface area contributed by atoms with Crippen LogP contribution in [0.1, 0.15) is 57.9 Å². The molecule has 136 valence electrons. The van der Waals surface area contributed by atoms with Gasteiger partial charge < -0.3 is 15.4 Å². The molecule has 1 aromatic rings. The van der Waals surface area contributed by atoms with E-state index >= 15 is 0 Å². The molecule has 0 bridgehead atoms. The fourth-order valence-electron chi connectivity index (χ4n) is 2.62. The summed E-state index contributed by atoms with van der Waals surface area (Å²) in [5.74, 6) is 0.0234. The molecule has 24 heavy (non-hydrogen) atoms. The first-order valence-corrected chi connectivity index (χ1v) is 9.35. The van der Waals surface area contributed by atoms with Crippen molar-refractivity contribution in [2.24, 2.45) is 5.73 Å². The highest BCUT2D eigenvalue weighted by Crippen LogP contribution is 2.06. The number of unbranched alkanes of at least 4 members (excludes halogenated alkanes) is 4. The molecule has 0 heterocycles. The predicted molar refractivity (Wildman–Crippen MR) is 99.7 cm³/mol. The summed E-state index contributed by atoms with van der Waals surface area (Å²) in [5.41, 5.74) is 7.17. The third-order valence-corrected chi connectivity index (χ3v) is 4.10. The van der Waals surface area contributed by atoms with Gasteiger partial charge in [0.2, 0.25) is 5.91 Å². The summed E-state index contributed by atoms with van der Waals surface area (Å²) in [4.78, 5) is 14.5. The van der Waals surface area contributed by atoms with E-state index in [0.29, 0.717) is 6.61 Å². The number of hydrogen-bond donors (Lipinski definition) is 1.